The van der Waals surface area contributed by atoms with E-state index < -0.39 is 0 Å². The Balaban J connectivity index is 1.37. The number of fused-ring (bicyclic) bond motifs is 3. The van der Waals surface area contributed by atoms with Crippen molar-refractivity contribution in [2.24, 2.45) is 0 Å². The van der Waals surface area contributed by atoms with Crippen LogP contribution < -0.4 is 4.90 Å². The van der Waals surface area contributed by atoms with Gasteiger partial charge in [0.1, 0.15) is 6.33 Å². The molecule has 116 valence electrons. The Labute approximate surface area is 134 Å². The standard InChI is InChI=1S/C17H18N6/c1-2-4-13(5-3-1)9-22-10-15-8-14(22)11-23(15)16-17-20-19-12-21(17)7-6-18-16/h1-7,12,14-15H,8-11H2. The van der Waals surface area contributed by atoms with Crippen molar-refractivity contribution in [3.05, 3.63) is 54.6 Å². The fraction of sp³-hybridized carbons (Fsp3) is 0.353. The third-order valence-electron chi connectivity index (χ3n) is 5.05. The summed E-state index contributed by atoms with van der Waals surface area (Å²) in [5.41, 5.74) is 2.25. The first kappa shape index (κ1) is 13.0. The molecule has 0 radical (unpaired) electrons. The molecule has 3 aromatic rings. The van der Waals surface area contributed by atoms with E-state index in [1.807, 2.05) is 16.8 Å². The molecule has 2 saturated heterocycles. The van der Waals surface area contributed by atoms with Crippen molar-refractivity contribution >= 4 is 11.5 Å². The van der Waals surface area contributed by atoms with Gasteiger partial charge in [-0.1, -0.05) is 30.3 Å². The number of piperazine rings is 1. The average molecular weight is 306 g/mol. The van der Waals surface area contributed by atoms with Gasteiger partial charge in [0.15, 0.2) is 5.82 Å². The summed E-state index contributed by atoms with van der Waals surface area (Å²) in [7, 11) is 0. The van der Waals surface area contributed by atoms with E-state index in [-0.39, 0.29) is 0 Å². The van der Waals surface area contributed by atoms with Gasteiger partial charge in [-0.25, -0.2) is 4.98 Å². The SMILES string of the molecule is c1ccc(CN2CC3CC2CN3c2nccn3cnnc23)cc1. The third-order valence-corrected chi connectivity index (χ3v) is 5.05. The molecule has 4 heterocycles. The summed E-state index contributed by atoms with van der Waals surface area (Å²) in [5, 5.41) is 8.23. The summed E-state index contributed by atoms with van der Waals surface area (Å²) in [4.78, 5) is 9.58. The topological polar surface area (TPSA) is 49.6 Å². The van der Waals surface area contributed by atoms with Crippen molar-refractivity contribution in [1.29, 1.82) is 0 Å². The molecule has 0 saturated carbocycles. The number of anilines is 1. The number of hydrogen-bond acceptors (Lipinski definition) is 5. The smallest absolute Gasteiger partial charge is 0.203 e. The molecule has 2 aromatic heterocycles. The van der Waals surface area contributed by atoms with Crippen LogP contribution in [0.2, 0.25) is 0 Å². The fourth-order valence-electron chi connectivity index (χ4n) is 3.97. The maximum atomic E-state index is 4.57. The van der Waals surface area contributed by atoms with Crippen LogP contribution in [0.25, 0.3) is 5.65 Å². The minimum Gasteiger partial charge on any atom is -0.348 e. The highest BCUT2D eigenvalue weighted by Crippen LogP contribution is 2.35. The lowest BCUT2D eigenvalue weighted by atomic mass is 10.2. The number of aromatic nitrogens is 4. The largest absolute Gasteiger partial charge is 0.348 e. The van der Waals surface area contributed by atoms with Gasteiger partial charge in [0.2, 0.25) is 5.65 Å². The van der Waals surface area contributed by atoms with E-state index in [1.165, 1.54) is 12.0 Å². The lowest BCUT2D eigenvalue weighted by Crippen LogP contribution is -2.46. The summed E-state index contributed by atoms with van der Waals surface area (Å²) in [6.45, 7) is 3.16. The molecule has 6 heteroatoms. The van der Waals surface area contributed by atoms with Crippen molar-refractivity contribution in [1.82, 2.24) is 24.5 Å². The third kappa shape index (κ3) is 2.09. The maximum absolute atomic E-state index is 4.57. The number of rotatable bonds is 3. The van der Waals surface area contributed by atoms with Crippen LogP contribution in [0.1, 0.15) is 12.0 Å². The molecule has 0 aliphatic carbocycles. The first-order chi connectivity index (χ1) is 11.4. The van der Waals surface area contributed by atoms with Crippen molar-refractivity contribution in [2.75, 3.05) is 18.0 Å². The highest BCUT2D eigenvalue weighted by atomic mass is 15.4. The van der Waals surface area contributed by atoms with Crippen LogP contribution in [0, 0.1) is 0 Å². The molecule has 5 rings (SSSR count). The second-order valence-corrected chi connectivity index (χ2v) is 6.42. The van der Waals surface area contributed by atoms with Crippen LogP contribution in [-0.2, 0) is 6.54 Å². The van der Waals surface area contributed by atoms with E-state index in [0.717, 1.165) is 31.1 Å². The first-order valence-corrected chi connectivity index (χ1v) is 8.07. The highest BCUT2D eigenvalue weighted by Gasteiger charge is 2.44. The highest BCUT2D eigenvalue weighted by molar-refractivity contribution is 5.64. The van der Waals surface area contributed by atoms with Gasteiger partial charge in [-0.3, -0.25) is 9.30 Å². The molecule has 23 heavy (non-hydrogen) atoms. The van der Waals surface area contributed by atoms with E-state index in [1.54, 1.807) is 6.33 Å². The predicted molar refractivity (Wildman–Crippen MR) is 87.2 cm³/mol. The second kappa shape index (κ2) is 5.03. The molecule has 2 bridgehead atoms. The molecule has 6 nitrogen and oxygen atoms in total. The monoisotopic (exact) mass is 306 g/mol. The molecule has 2 aliphatic heterocycles. The number of hydrogen-bond donors (Lipinski definition) is 0. The molecule has 2 fully saturated rings. The first-order valence-electron chi connectivity index (χ1n) is 8.07. The van der Waals surface area contributed by atoms with Crippen LogP contribution in [0.15, 0.2) is 49.1 Å². The van der Waals surface area contributed by atoms with Crippen molar-refractivity contribution in [3.63, 3.8) is 0 Å². The van der Waals surface area contributed by atoms with Crippen LogP contribution in [0.5, 0.6) is 0 Å². The zero-order valence-electron chi connectivity index (χ0n) is 12.8. The summed E-state index contributed by atoms with van der Waals surface area (Å²) >= 11 is 0. The summed E-state index contributed by atoms with van der Waals surface area (Å²) in [5.74, 6) is 0.969. The zero-order valence-corrected chi connectivity index (χ0v) is 12.8. The van der Waals surface area contributed by atoms with E-state index in [4.69, 9.17) is 0 Å². The van der Waals surface area contributed by atoms with Crippen molar-refractivity contribution < 1.29 is 0 Å². The van der Waals surface area contributed by atoms with Gasteiger partial charge in [0, 0.05) is 44.1 Å². The van der Waals surface area contributed by atoms with Crippen molar-refractivity contribution in [2.45, 2.75) is 25.0 Å². The molecule has 0 spiro atoms. The number of benzene rings is 1. The molecule has 2 atom stereocenters. The summed E-state index contributed by atoms with van der Waals surface area (Å²) < 4.78 is 1.94. The normalized spacial score (nSPS) is 23.9. The van der Waals surface area contributed by atoms with E-state index in [9.17, 15) is 0 Å². The minimum atomic E-state index is 0.527. The summed E-state index contributed by atoms with van der Waals surface area (Å²) in [6.07, 6.45) is 6.68. The fourth-order valence-corrected chi connectivity index (χ4v) is 3.97. The summed E-state index contributed by atoms with van der Waals surface area (Å²) in [6, 6.07) is 11.9. The lowest BCUT2D eigenvalue weighted by Gasteiger charge is -2.34. The lowest BCUT2D eigenvalue weighted by molar-refractivity contribution is 0.230. The Morgan fingerprint density at radius 1 is 1.09 bits per heavy atom. The predicted octanol–water partition coefficient (Wildman–Crippen LogP) is 1.59. The molecule has 2 unspecified atom stereocenters. The molecule has 0 N–H and O–H groups in total. The van der Waals surface area contributed by atoms with Gasteiger partial charge in [0.25, 0.3) is 0 Å². The average Bonchev–Trinajstić information content (AvgIpc) is 3.30. The number of likely N-dealkylation sites (tertiary alicyclic amines) is 1. The van der Waals surface area contributed by atoms with Gasteiger partial charge in [0.05, 0.1) is 0 Å². The Morgan fingerprint density at radius 2 is 2.00 bits per heavy atom. The maximum Gasteiger partial charge on any atom is 0.203 e. The Hall–Kier alpha value is -2.47. The molecular formula is C17H18N6. The molecular weight excluding hydrogens is 288 g/mol. The van der Waals surface area contributed by atoms with Gasteiger partial charge in [-0.2, -0.15) is 0 Å². The second-order valence-electron chi connectivity index (χ2n) is 6.42. The number of nitrogens with zero attached hydrogens (tertiary/aromatic N) is 6. The van der Waals surface area contributed by atoms with Crippen LogP contribution in [0.4, 0.5) is 5.82 Å². The van der Waals surface area contributed by atoms with Crippen molar-refractivity contribution in [3.8, 4) is 0 Å². The zero-order chi connectivity index (χ0) is 15.2. The minimum absolute atomic E-state index is 0.527. The van der Waals surface area contributed by atoms with Crippen LogP contribution in [-0.4, -0.2) is 49.7 Å². The van der Waals surface area contributed by atoms with Gasteiger partial charge in [-0.15, -0.1) is 10.2 Å². The van der Waals surface area contributed by atoms with Gasteiger partial charge in [-0.05, 0) is 12.0 Å². The van der Waals surface area contributed by atoms with E-state index in [0.29, 0.717) is 12.1 Å². The van der Waals surface area contributed by atoms with Crippen LogP contribution in [0.3, 0.4) is 0 Å². The van der Waals surface area contributed by atoms with Gasteiger partial charge < -0.3 is 4.90 Å². The Kier molecular flexibility index (Phi) is 2.84. The quantitative estimate of drug-likeness (QED) is 0.735. The van der Waals surface area contributed by atoms with E-state index in [2.05, 4.69) is 55.3 Å². The Bertz CT molecular complexity index is 829. The van der Waals surface area contributed by atoms with Crippen LogP contribution >= 0.6 is 0 Å². The van der Waals surface area contributed by atoms with E-state index >= 15 is 0 Å². The Morgan fingerprint density at radius 3 is 2.83 bits per heavy atom. The molecule has 0 amide bonds. The molecule has 1 aromatic carbocycles. The van der Waals surface area contributed by atoms with Gasteiger partial charge >= 0.3 is 0 Å². The molecule has 2 aliphatic rings.